The highest BCUT2D eigenvalue weighted by Crippen LogP contribution is 2.19. The van der Waals surface area contributed by atoms with Crippen molar-refractivity contribution in [1.82, 2.24) is 14.8 Å². The number of carbonyl (C=O) groups is 1. The van der Waals surface area contributed by atoms with Crippen LogP contribution >= 0.6 is 0 Å². The van der Waals surface area contributed by atoms with Crippen LogP contribution in [0.5, 0.6) is 0 Å². The van der Waals surface area contributed by atoms with Gasteiger partial charge in [0.1, 0.15) is 12.1 Å². The maximum absolute atomic E-state index is 13.0. The van der Waals surface area contributed by atoms with Crippen LogP contribution in [0.2, 0.25) is 0 Å². The predicted molar refractivity (Wildman–Crippen MR) is 111 cm³/mol. The van der Waals surface area contributed by atoms with Gasteiger partial charge in [-0.05, 0) is 48.5 Å². The zero-order valence-electron chi connectivity index (χ0n) is 16.8. The Labute approximate surface area is 178 Å². The maximum Gasteiger partial charge on any atom is 0.319 e. The van der Waals surface area contributed by atoms with Gasteiger partial charge in [0.15, 0.2) is 0 Å². The molecule has 3 rings (SSSR count). The number of urea groups is 1. The van der Waals surface area contributed by atoms with Gasteiger partial charge < -0.3 is 15.1 Å². The standard InChI is InChI=1S/C20H21FN4O5S/c1-25(29-2)31(27,28)18-9-7-16(8-10-18)24-20(26)22-12-11-17-13-30-19(23-17)14-3-5-15(21)6-4-14/h3-10,13H,11-12H2,1-2H3,(H2,22,24,26). The molecule has 0 unspecified atom stereocenters. The van der Waals surface area contributed by atoms with Gasteiger partial charge in [-0.3, -0.25) is 4.84 Å². The molecular formula is C20H21FN4O5S. The van der Waals surface area contributed by atoms with Gasteiger partial charge in [0.25, 0.3) is 10.0 Å². The van der Waals surface area contributed by atoms with E-state index in [1.807, 2.05) is 0 Å². The average Bonchev–Trinajstić information content (AvgIpc) is 3.23. The number of nitrogens with one attached hydrogen (secondary N) is 2. The SMILES string of the molecule is CON(C)S(=O)(=O)c1ccc(NC(=O)NCCc2coc(-c3ccc(F)cc3)n2)cc1. The van der Waals surface area contributed by atoms with Gasteiger partial charge in [0.05, 0.1) is 17.7 Å². The number of hydroxylamine groups is 1. The molecule has 0 spiro atoms. The lowest BCUT2D eigenvalue weighted by molar-refractivity contribution is -0.0258. The molecule has 2 aromatic carbocycles. The molecule has 0 atom stereocenters. The number of hydrogen-bond acceptors (Lipinski definition) is 6. The summed E-state index contributed by atoms with van der Waals surface area (Å²) in [7, 11) is -1.22. The van der Waals surface area contributed by atoms with Gasteiger partial charge in [-0.15, -0.1) is 0 Å². The first-order valence-electron chi connectivity index (χ1n) is 9.18. The lowest BCUT2D eigenvalue weighted by Crippen LogP contribution is -2.30. The zero-order valence-corrected chi connectivity index (χ0v) is 17.6. The quantitative estimate of drug-likeness (QED) is 0.512. The van der Waals surface area contributed by atoms with Gasteiger partial charge >= 0.3 is 6.03 Å². The Morgan fingerprint density at radius 2 is 1.84 bits per heavy atom. The van der Waals surface area contributed by atoms with Crippen molar-refractivity contribution >= 4 is 21.7 Å². The van der Waals surface area contributed by atoms with Crippen LogP contribution in [0.3, 0.4) is 0 Å². The normalized spacial score (nSPS) is 11.5. The molecule has 0 fully saturated rings. The van der Waals surface area contributed by atoms with Crippen molar-refractivity contribution < 1.29 is 26.9 Å². The maximum atomic E-state index is 13.0. The fourth-order valence-electron chi connectivity index (χ4n) is 2.58. The Morgan fingerprint density at radius 3 is 2.48 bits per heavy atom. The van der Waals surface area contributed by atoms with E-state index in [0.717, 1.165) is 4.47 Å². The first-order chi connectivity index (χ1) is 14.8. The van der Waals surface area contributed by atoms with E-state index in [4.69, 9.17) is 9.25 Å². The number of halogens is 1. The molecule has 0 saturated heterocycles. The second-order valence-corrected chi connectivity index (χ2v) is 8.34. The summed E-state index contributed by atoms with van der Waals surface area (Å²) in [6.45, 7) is 0.298. The van der Waals surface area contributed by atoms with Crippen LogP contribution < -0.4 is 10.6 Å². The Morgan fingerprint density at radius 1 is 1.16 bits per heavy atom. The average molecular weight is 448 g/mol. The smallest absolute Gasteiger partial charge is 0.319 e. The molecule has 164 valence electrons. The number of aromatic nitrogens is 1. The van der Waals surface area contributed by atoms with Crippen molar-refractivity contribution in [3.8, 4) is 11.5 Å². The fraction of sp³-hybridized carbons (Fsp3) is 0.200. The topological polar surface area (TPSA) is 114 Å². The van der Waals surface area contributed by atoms with Gasteiger partial charge in [0.2, 0.25) is 5.89 Å². The van der Waals surface area contributed by atoms with E-state index in [-0.39, 0.29) is 10.7 Å². The third-order valence-electron chi connectivity index (χ3n) is 4.32. The summed E-state index contributed by atoms with van der Waals surface area (Å²) in [5.74, 6) is 0.0259. The molecule has 2 amide bonds. The molecule has 1 heterocycles. The Hall–Kier alpha value is -3.28. The minimum atomic E-state index is -3.75. The van der Waals surface area contributed by atoms with Gasteiger partial charge in [0, 0.05) is 31.3 Å². The molecule has 0 aliphatic heterocycles. The van der Waals surface area contributed by atoms with Crippen LogP contribution in [0, 0.1) is 5.82 Å². The lowest BCUT2D eigenvalue weighted by atomic mass is 10.2. The van der Waals surface area contributed by atoms with E-state index in [1.165, 1.54) is 56.8 Å². The van der Waals surface area contributed by atoms with Crippen molar-refractivity contribution in [2.45, 2.75) is 11.3 Å². The molecule has 0 radical (unpaired) electrons. The number of amides is 2. The number of carbonyl (C=O) groups excluding carboxylic acids is 1. The molecule has 3 aromatic rings. The van der Waals surface area contributed by atoms with Gasteiger partial charge in [-0.2, -0.15) is 0 Å². The highest BCUT2D eigenvalue weighted by Gasteiger charge is 2.20. The van der Waals surface area contributed by atoms with E-state index in [2.05, 4.69) is 15.6 Å². The molecule has 2 N–H and O–H groups in total. The fourth-order valence-corrected chi connectivity index (χ4v) is 3.56. The van der Waals surface area contributed by atoms with Crippen molar-refractivity contribution in [3.05, 3.63) is 66.3 Å². The monoisotopic (exact) mass is 448 g/mol. The highest BCUT2D eigenvalue weighted by atomic mass is 32.2. The van der Waals surface area contributed by atoms with Gasteiger partial charge in [-0.1, -0.05) is 4.47 Å². The zero-order chi connectivity index (χ0) is 22.4. The van der Waals surface area contributed by atoms with Gasteiger partial charge in [-0.25, -0.2) is 22.6 Å². The van der Waals surface area contributed by atoms with Crippen molar-refractivity contribution in [3.63, 3.8) is 0 Å². The van der Waals surface area contributed by atoms with Crippen molar-refractivity contribution in [2.75, 3.05) is 26.0 Å². The molecule has 0 saturated carbocycles. The van der Waals surface area contributed by atoms with E-state index in [0.29, 0.717) is 35.8 Å². The van der Waals surface area contributed by atoms with E-state index < -0.39 is 16.1 Å². The summed E-state index contributed by atoms with van der Waals surface area (Å²) < 4.78 is 43.4. The third-order valence-corrected chi connectivity index (χ3v) is 6.01. The van der Waals surface area contributed by atoms with Crippen LogP contribution in [0.15, 0.2) is 64.1 Å². The largest absolute Gasteiger partial charge is 0.444 e. The molecule has 9 nitrogen and oxygen atoms in total. The minimum Gasteiger partial charge on any atom is -0.444 e. The number of rotatable bonds is 8. The summed E-state index contributed by atoms with van der Waals surface area (Å²) in [5, 5.41) is 5.30. The molecule has 11 heteroatoms. The number of anilines is 1. The third kappa shape index (κ3) is 5.66. The lowest BCUT2D eigenvalue weighted by Gasteiger charge is -2.14. The summed E-state index contributed by atoms with van der Waals surface area (Å²) in [6, 6.07) is 11.0. The first-order valence-corrected chi connectivity index (χ1v) is 10.6. The molecule has 0 aliphatic rings. The molecule has 0 bridgehead atoms. The summed E-state index contributed by atoms with van der Waals surface area (Å²) in [4.78, 5) is 21.1. The summed E-state index contributed by atoms with van der Waals surface area (Å²) in [5.41, 5.74) is 1.72. The van der Waals surface area contributed by atoms with Crippen LogP contribution in [0.1, 0.15) is 5.69 Å². The van der Waals surface area contributed by atoms with E-state index >= 15 is 0 Å². The first kappa shape index (κ1) is 22.4. The van der Waals surface area contributed by atoms with Crippen molar-refractivity contribution in [2.24, 2.45) is 0 Å². The Balaban J connectivity index is 1.49. The number of oxazole rings is 1. The van der Waals surface area contributed by atoms with Crippen LogP contribution in [-0.2, 0) is 21.3 Å². The molecule has 1 aromatic heterocycles. The van der Waals surface area contributed by atoms with Crippen molar-refractivity contribution in [1.29, 1.82) is 0 Å². The van der Waals surface area contributed by atoms with E-state index in [9.17, 15) is 17.6 Å². The molecular weight excluding hydrogens is 427 g/mol. The number of benzene rings is 2. The van der Waals surface area contributed by atoms with Crippen LogP contribution in [0.4, 0.5) is 14.9 Å². The highest BCUT2D eigenvalue weighted by molar-refractivity contribution is 7.89. The number of nitrogens with zero attached hydrogens (tertiary/aromatic N) is 2. The predicted octanol–water partition coefficient (Wildman–Crippen LogP) is 3.03. The number of sulfonamides is 1. The summed E-state index contributed by atoms with van der Waals surface area (Å²) in [6.07, 6.45) is 1.91. The summed E-state index contributed by atoms with van der Waals surface area (Å²) >= 11 is 0. The Kier molecular flexibility index (Phi) is 7.00. The molecule has 31 heavy (non-hydrogen) atoms. The van der Waals surface area contributed by atoms with E-state index in [1.54, 1.807) is 12.1 Å². The number of hydrogen-bond donors (Lipinski definition) is 2. The minimum absolute atomic E-state index is 0.0331. The second kappa shape index (κ2) is 9.69. The second-order valence-electron chi connectivity index (χ2n) is 6.40. The van der Waals surface area contributed by atoms with Crippen LogP contribution in [0.25, 0.3) is 11.5 Å². The Bertz CT molecular complexity index is 1130. The molecule has 0 aliphatic carbocycles. The van der Waals surface area contributed by atoms with Crippen LogP contribution in [-0.4, -0.2) is 44.6 Å².